The van der Waals surface area contributed by atoms with E-state index in [-0.39, 0.29) is 9.80 Å². The highest BCUT2D eigenvalue weighted by atomic mass is 32.1. The van der Waals surface area contributed by atoms with Gasteiger partial charge in [-0.3, -0.25) is 4.79 Å². The summed E-state index contributed by atoms with van der Waals surface area (Å²) >= 11 is 5.44. The molecule has 0 heterocycles. The Morgan fingerprint density at radius 3 is 2.15 bits per heavy atom. The SMILES string of the molecule is COc1cc(C)c(NC(=O)C2([N+](C)(C)[S-])CC2)c(C)c1. The number of ether oxygens (including phenoxy) is 1. The van der Waals surface area contributed by atoms with Crippen molar-refractivity contribution in [2.75, 3.05) is 26.5 Å². The molecule has 1 fully saturated rings. The third kappa shape index (κ3) is 2.52. The molecule has 110 valence electrons. The molecule has 0 saturated heterocycles. The number of hydrogen-bond acceptors (Lipinski definition) is 3. The van der Waals surface area contributed by atoms with Crippen LogP contribution in [0.5, 0.6) is 5.75 Å². The number of aryl methyl sites for hydroxylation is 2. The van der Waals surface area contributed by atoms with Crippen LogP contribution in [0.15, 0.2) is 12.1 Å². The maximum absolute atomic E-state index is 12.6. The zero-order valence-electron chi connectivity index (χ0n) is 12.7. The van der Waals surface area contributed by atoms with Crippen LogP contribution in [-0.2, 0) is 17.6 Å². The number of hydrogen-bond donors (Lipinski definition) is 1. The highest BCUT2D eigenvalue weighted by Crippen LogP contribution is 2.45. The Balaban J connectivity index is 2.26. The number of nitrogens with one attached hydrogen (secondary N) is 1. The molecule has 20 heavy (non-hydrogen) atoms. The number of carbonyl (C=O) groups excluding carboxylic acids is 1. The molecule has 5 heteroatoms. The zero-order chi connectivity index (χ0) is 15.1. The summed E-state index contributed by atoms with van der Waals surface area (Å²) < 4.78 is 5.49. The number of anilines is 1. The summed E-state index contributed by atoms with van der Waals surface area (Å²) in [5.74, 6) is 0.826. The van der Waals surface area contributed by atoms with E-state index in [9.17, 15) is 4.79 Å². The second-order valence-electron chi connectivity index (χ2n) is 5.97. The monoisotopic (exact) mass is 294 g/mol. The Kier molecular flexibility index (Phi) is 3.77. The van der Waals surface area contributed by atoms with Gasteiger partial charge in [0.25, 0.3) is 5.91 Å². The number of rotatable bonds is 4. The minimum Gasteiger partial charge on any atom is -0.497 e. The molecule has 1 aromatic carbocycles. The first-order valence-electron chi connectivity index (χ1n) is 6.73. The van der Waals surface area contributed by atoms with Crippen molar-refractivity contribution in [2.24, 2.45) is 0 Å². The molecule has 1 aliphatic carbocycles. The smallest absolute Gasteiger partial charge is 0.284 e. The summed E-state index contributed by atoms with van der Waals surface area (Å²) in [6.07, 6.45) is 1.70. The van der Waals surface area contributed by atoms with Crippen molar-refractivity contribution in [3.8, 4) is 5.75 Å². The number of methoxy groups -OCH3 is 1. The Hall–Kier alpha value is -1.20. The van der Waals surface area contributed by atoms with Crippen molar-refractivity contribution >= 4 is 24.4 Å². The number of benzene rings is 1. The van der Waals surface area contributed by atoms with Crippen LogP contribution in [0.4, 0.5) is 5.69 Å². The van der Waals surface area contributed by atoms with E-state index in [2.05, 4.69) is 5.32 Å². The summed E-state index contributed by atoms with van der Waals surface area (Å²) in [4.78, 5) is 12.6. The first-order valence-corrected chi connectivity index (χ1v) is 7.09. The van der Waals surface area contributed by atoms with E-state index in [0.29, 0.717) is 0 Å². The first kappa shape index (κ1) is 15.2. The van der Waals surface area contributed by atoms with E-state index >= 15 is 0 Å². The van der Waals surface area contributed by atoms with Gasteiger partial charge in [0.05, 0.1) is 21.2 Å². The molecule has 0 bridgehead atoms. The third-order valence-electron chi connectivity index (χ3n) is 4.16. The highest BCUT2D eigenvalue weighted by Gasteiger charge is 2.58. The summed E-state index contributed by atoms with van der Waals surface area (Å²) in [5, 5.41) is 3.06. The fourth-order valence-electron chi connectivity index (χ4n) is 2.60. The lowest BCUT2D eigenvalue weighted by molar-refractivity contribution is -0.780. The van der Waals surface area contributed by atoms with Crippen molar-refractivity contribution in [3.63, 3.8) is 0 Å². The maximum Gasteiger partial charge on any atom is 0.284 e. The second-order valence-corrected chi connectivity index (χ2v) is 6.89. The Morgan fingerprint density at radius 2 is 1.80 bits per heavy atom. The van der Waals surface area contributed by atoms with Crippen molar-refractivity contribution in [2.45, 2.75) is 32.2 Å². The van der Waals surface area contributed by atoms with Crippen molar-refractivity contribution < 1.29 is 13.4 Å². The number of likely N-dealkylation sites (N-methyl/N-ethyl adjacent to an activating group) is 1. The van der Waals surface area contributed by atoms with Crippen LogP contribution in [0.3, 0.4) is 0 Å². The van der Waals surface area contributed by atoms with Gasteiger partial charge in [0, 0.05) is 18.5 Å². The Labute approximate surface area is 126 Å². The van der Waals surface area contributed by atoms with Gasteiger partial charge in [-0.15, -0.1) is 0 Å². The van der Waals surface area contributed by atoms with E-state index in [1.54, 1.807) is 7.11 Å². The van der Waals surface area contributed by atoms with Gasteiger partial charge in [0.15, 0.2) is 5.54 Å². The van der Waals surface area contributed by atoms with E-state index in [4.69, 9.17) is 17.6 Å². The summed E-state index contributed by atoms with van der Waals surface area (Å²) in [6, 6.07) is 3.85. The van der Waals surface area contributed by atoms with Gasteiger partial charge in [0.2, 0.25) is 0 Å². The molecule has 0 radical (unpaired) electrons. The fraction of sp³-hybridized carbons (Fsp3) is 0.533. The molecule has 1 aromatic rings. The van der Waals surface area contributed by atoms with Crippen LogP contribution in [-0.4, -0.2) is 36.5 Å². The van der Waals surface area contributed by atoms with E-state index < -0.39 is 5.54 Å². The van der Waals surface area contributed by atoms with Crippen LogP contribution in [0.25, 0.3) is 0 Å². The van der Waals surface area contributed by atoms with Crippen LogP contribution < -0.4 is 10.1 Å². The van der Waals surface area contributed by atoms with Crippen molar-refractivity contribution in [1.82, 2.24) is 0 Å². The lowest BCUT2D eigenvalue weighted by Gasteiger charge is -2.43. The molecule has 0 atom stereocenters. The Morgan fingerprint density at radius 1 is 1.30 bits per heavy atom. The Bertz CT molecular complexity index is 522. The molecule has 1 saturated carbocycles. The van der Waals surface area contributed by atoms with E-state index in [1.165, 1.54) is 0 Å². The zero-order valence-corrected chi connectivity index (χ0v) is 13.6. The minimum absolute atomic E-state index is 0.0221. The molecule has 0 aliphatic heterocycles. The minimum atomic E-state index is -0.450. The van der Waals surface area contributed by atoms with Crippen LogP contribution in [0.1, 0.15) is 24.0 Å². The van der Waals surface area contributed by atoms with E-state index in [0.717, 1.165) is 35.4 Å². The standard InChI is InChI=1S/C15H22N2O2S/c1-10-8-12(19-5)9-11(2)13(10)16-14(18)15(6-7-15)17(3,4)20/h8-9H,6-7H2,1-5H3,(H,16,18). The average Bonchev–Trinajstić information content (AvgIpc) is 3.13. The van der Waals surface area contributed by atoms with Crippen LogP contribution >= 0.6 is 0 Å². The van der Waals surface area contributed by atoms with Crippen LogP contribution in [0.2, 0.25) is 0 Å². The molecule has 0 aromatic heterocycles. The number of quaternary nitrogens is 1. The largest absolute Gasteiger partial charge is 0.497 e. The van der Waals surface area contributed by atoms with E-state index in [1.807, 2.05) is 40.1 Å². The molecule has 1 amide bonds. The second kappa shape index (κ2) is 4.97. The number of carbonyl (C=O) groups is 1. The maximum atomic E-state index is 12.6. The lowest BCUT2D eigenvalue weighted by atomic mass is 10.1. The van der Waals surface area contributed by atoms with Crippen molar-refractivity contribution in [3.05, 3.63) is 23.3 Å². The molecular weight excluding hydrogens is 272 g/mol. The lowest BCUT2D eigenvalue weighted by Crippen LogP contribution is -2.53. The van der Waals surface area contributed by atoms with Gasteiger partial charge in [-0.25, -0.2) is 0 Å². The third-order valence-corrected chi connectivity index (χ3v) is 4.51. The fourth-order valence-corrected chi connectivity index (χ4v) is 2.86. The predicted octanol–water partition coefficient (Wildman–Crippen LogP) is 2.32. The van der Waals surface area contributed by atoms with Gasteiger partial charge in [-0.05, 0) is 37.1 Å². The number of amides is 1. The van der Waals surface area contributed by atoms with Gasteiger partial charge in [-0.2, -0.15) is 0 Å². The molecule has 0 spiro atoms. The molecular formula is C15H22N2O2S. The molecule has 1 N–H and O–H groups in total. The summed E-state index contributed by atoms with van der Waals surface area (Å²) in [5.41, 5.74) is 2.42. The van der Waals surface area contributed by atoms with Gasteiger partial charge >= 0.3 is 0 Å². The molecule has 4 nitrogen and oxygen atoms in total. The first-order chi connectivity index (χ1) is 9.21. The summed E-state index contributed by atoms with van der Waals surface area (Å²) in [6.45, 7) is 3.94. The normalized spacial score (nSPS) is 16.7. The molecule has 0 unspecified atom stereocenters. The highest BCUT2D eigenvalue weighted by molar-refractivity contribution is 7.52. The average molecular weight is 294 g/mol. The van der Waals surface area contributed by atoms with Crippen LogP contribution in [0, 0.1) is 13.8 Å². The summed E-state index contributed by atoms with van der Waals surface area (Å²) in [7, 11) is 5.44. The van der Waals surface area contributed by atoms with Gasteiger partial charge in [-0.1, -0.05) is 0 Å². The van der Waals surface area contributed by atoms with Gasteiger partial charge in [0.1, 0.15) is 5.75 Å². The van der Waals surface area contributed by atoms with Gasteiger partial charge < -0.3 is 26.8 Å². The topological polar surface area (TPSA) is 38.3 Å². The quantitative estimate of drug-likeness (QED) is 0.684. The van der Waals surface area contributed by atoms with Crippen molar-refractivity contribution in [1.29, 1.82) is 0 Å². The molecule has 2 rings (SSSR count). The molecule has 1 aliphatic rings. The number of nitrogens with zero attached hydrogens (tertiary/aromatic N) is 1. The predicted molar refractivity (Wildman–Crippen MR) is 82.5 cm³/mol.